The molecule has 3 aromatic rings. The maximum absolute atomic E-state index is 13.6. The number of rotatable bonds is 5. The standard InChI is InChI=1S/C20H22FN5OS/c1-13-9-16(14(2)25(13)12-18-7-4-8-27-18)11-22-26-19(23-24-20(26)28)15-5-3-6-17(21)10-15/h3,5-6,9-11,18H,4,7-8,12H2,1-2H3,(H,24,28)/b22-11-/t18-/m0/s1. The van der Waals surface area contributed by atoms with E-state index < -0.39 is 0 Å². The topological polar surface area (TPSA) is 60.1 Å². The van der Waals surface area contributed by atoms with E-state index in [1.807, 2.05) is 0 Å². The van der Waals surface area contributed by atoms with Crippen molar-refractivity contribution in [3.8, 4) is 11.4 Å². The van der Waals surface area contributed by atoms with Gasteiger partial charge in [0.25, 0.3) is 0 Å². The Balaban J connectivity index is 1.64. The van der Waals surface area contributed by atoms with Crippen LogP contribution < -0.4 is 0 Å². The van der Waals surface area contributed by atoms with Gasteiger partial charge in [0, 0.05) is 35.7 Å². The average Bonchev–Trinajstić information content (AvgIpc) is 3.37. The molecule has 1 fully saturated rings. The van der Waals surface area contributed by atoms with Crippen molar-refractivity contribution in [3.63, 3.8) is 0 Å². The smallest absolute Gasteiger partial charge is 0.216 e. The van der Waals surface area contributed by atoms with Crippen LogP contribution in [0.1, 0.15) is 29.8 Å². The summed E-state index contributed by atoms with van der Waals surface area (Å²) in [5, 5.41) is 11.4. The number of aromatic amines is 1. The van der Waals surface area contributed by atoms with E-state index in [0.717, 1.165) is 42.9 Å². The van der Waals surface area contributed by atoms with Gasteiger partial charge in [-0.3, -0.25) is 0 Å². The lowest BCUT2D eigenvalue weighted by Gasteiger charge is -2.14. The predicted molar refractivity (Wildman–Crippen MR) is 109 cm³/mol. The van der Waals surface area contributed by atoms with Crippen molar-refractivity contribution < 1.29 is 9.13 Å². The predicted octanol–water partition coefficient (Wildman–Crippen LogP) is 4.23. The Kier molecular flexibility index (Phi) is 5.23. The Morgan fingerprint density at radius 2 is 2.25 bits per heavy atom. The molecule has 0 unspecified atom stereocenters. The van der Waals surface area contributed by atoms with Gasteiger partial charge in [0.1, 0.15) is 5.82 Å². The summed E-state index contributed by atoms with van der Waals surface area (Å²) in [6.07, 6.45) is 4.26. The molecular weight excluding hydrogens is 377 g/mol. The van der Waals surface area contributed by atoms with Crippen LogP contribution in [0.25, 0.3) is 11.4 Å². The third kappa shape index (κ3) is 3.70. The molecule has 1 saturated heterocycles. The number of hydrogen-bond donors (Lipinski definition) is 1. The van der Waals surface area contributed by atoms with Gasteiger partial charge in [-0.25, -0.2) is 9.49 Å². The highest BCUT2D eigenvalue weighted by Gasteiger charge is 2.18. The highest BCUT2D eigenvalue weighted by atomic mass is 32.1. The summed E-state index contributed by atoms with van der Waals surface area (Å²) in [6, 6.07) is 8.30. The minimum Gasteiger partial charge on any atom is -0.376 e. The molecule has 0 amide bonds. The molecule has 1 aliphatic rings. The van der Waals surface area contributed by atoms with Crippen molar-refractivity contribution in [2.45, 2.75) is 39.3 Å². The van der Waals surface area contributed by atoms with E-state index in [1.165, 1.54) is 16.8 Å². The van der Waals surface area contributed by atoms with Crippen LogP contribution in [0, 0.1) is 24.4 Å². The van der Waals surface area contributed by atoms with Crippen LogP contribution in [0.2, 0.25) is 0 Å². The zero-order chi connectivity index (χ0) is 19.7. The first kappa shape index (κ1) is 18.8. The molecule has 28 heavy (non-hydrogen) atoms. The number of halogens is 1. The van der Waals surface area contributed by atoms with Gasteiger partial charge in [0.15, 0.2) is 5.82 Å². The van der Waals surface area contributed by atoms with Crippen molar-refractivity contribution in [1.82, 2.24) is 19.4 Å². The highest BCUT2D eigenvalue weighted by molar-refractivity contribution is 7.71. The fraction of sp³-hybridized carbons (Fsp3) is 0.350. The van der Waals surface area contributed by atoms with E-state index in [1.54, 1.807) is 18.3 Å². The summed E-state index contributed by atoms with van der Waals surface area (Å²) >= 11 is 5.30. The first-order valence-electron chi connectivity index (χ1n) is 9.29. The van der Waals surface area contributed by atoms with E-state index in [-0.39, 0.29) is 11.9 Å². The molecule has 1 aliphatic heterocycles. The van der Waals surface area contributed by atoms with Crippen LogP contribution in [0.5, 0.6) is 0 Å². The zero-order valence-electron chi connectivity index (χ0n) is 15.9. The number of ether oxygens (including phenoxy) is 1. The van der Waals surface area contributed by atoms with E-state index in [9.17, 15) is 4.39 Å². The van der Waals surface area contributed by atoms with Crippen molar-refractivity contribution in [3.05, 3.63) is 57.9 Å². The molecule has 8 heteroatoms. The molecule has 0 saturated carbocycles. The first-order valence-corrected chi connectivity index (χ1v) is 9.70. The highest BCUT2D eigenvalue weighted by Crippen LogP contribution is 2.21. The summed E-state index contributed by atoms with van der Waals surface area (Å²) < 4.78 is 23.5. The van der Waals surface area contributed by atoms with Crippen molar-refractivity contribution in [2.24, 2.45) is 5.10 Å². The van der Waals surface area contributed by atoms with E-state index in [4.69, 9.17) is 17.0 Å². The van der Waals surface area contributed by atoms with E-state index >= 15 is 0 Å². The van der Waals surface area contributed by atoms with Gasteiger partial charge < -0.3 is 9.30 Å². The lowest BCUT2D eigenvalue weighted by molar-refractivity contribution is 0.0962. The van der Waals surface area contributed by atoms with Crippen LogP contribution >= 0.6 is 12.2 Å². The minimum absolute atomic E-state index is 0.275. The molecule has 0 radical (unpaired) electrons. The molecule has 1 atom stereocenters. The van der Waals surface area contributed by atoms with Crippen molar-refractivity contribution >= 4 is 18.4 Å². The third-order valence-electron chi connectivity index (χ3n) is 5.07. The molecule has 4 rings (SSSR count). The summed E-state index contributed by atoms with van der Waals surface area (Å²) in [6.45, 7) is 5.86. The third-order valence-corrected chi connectivity index (χ3v) is 5.33. The van der Waals surface area contributed by atoms with Crippen LogP contribution in [-0.2, 0) is 11.3 Å². The summed E-state index contributed by atoms with van der Waals surface area (Å²) in [7, 11) is 0. The Morgan fingerprint density at radius 3 is 3.00 bits per heavy atom. The van der Waals surface area contributed by atoms with Crippen LogP contribution in [0.4, 0.5) is 4.39 Å². The number of benzene rings is 1. The van der Waals surface area contributed by atoms with Crippen molar-refractivity contribution in [1.29, 1.82) is 0 Å². The zero-order valence-corrected chi connectivity index (χ0v) is 16.7. The van der Waals surface area contributed by atoms with Gasteiger partial charge in [0.2, 0.25) is 4.77 Å². The summed E-state index contributed by atoms with van der Waals surface area (Å²) in [5.74, 6) is 0.133. The Morgan fingerprint density at radius 1 is 1.39 bits per heavy atom. The molecule has 0 spiro atoms. The van der Waals surface area contributed by atoms with Crippen LogP contribution in [0.15, 0.2) is 35.4 Å². The van der Waals surface area contributed by atoms with Gasteiger partial charge in [-0.15, -0.1) is 0 Å². The van der Waals surface area contributed by atoms with Gasteiger partial charge >= 0.3 is 0 Å². The number of aromatic nitrogens is 4. The fourth-order valence-electron chi connectivity index (χ4n) is 3.56. The molecule has 6 nitrogen and oxygen atoms in total. The first-order chi connectivity index (χ1) is 13.5. The number of hydrogen-bond acceptors (Lipinski definition) is 4. The molecule has 1 aromatic carbocycles. The van der Waals surface area contributed by atoms with Gasteiger partial charge in [-0.1, -0.05) is 12.1 Å². The second-order valence-corrected chi connectivity index (χ2v) is 7.38. The molecule has 146 valence electrons. The Hall–Kier alpha value is -2.58. The minimum atomic E-state index is -0.334. The molecule has 3 heterocycles. The second kappa shape index (κ2) is 7.81. The Labute approximate surface area is 167 Å². The maximum atomic E-state index is 13.6. The lowest BCUT2D eigenvalue weighted by atomic mass is 10.2. The number of nitrogens with zero attached hydrogens (tertiary/aromatic N) is 4. The molecule has 0 aliphatic carbocycles. The molecular formula is C20H22FN5OS. The van der Waals surface area contributed by atoms with E-state index in [2.05, 4.69) is 39.8 Å². The summed E-state index contributed by atoms with van der Waals surface area (Å²) in [5.41, 5.74) is 3.90. The van der Waals surface area contributed by atoms with E-state index in [0.29, 0.717) is 16.2 Å². The largest absolute Gasteiger partial charge is 0.376 e. The molecule has 2 aromatic heterocycles. The number of H-pyrrole nitrogens is 1. The van der Waals surface area contributed by atoms with Crippen molar-refractivity contribution in [2.75, 3.05) is 6.61 Å². The van der Waals surface area contributed by atoms with Gasteiger partial charge in [0.05, 0.1) is 12.3 Å². The number of aryl methyl sites for hydroxylation is 1. The Bertz CT molecular complexity index is 1070. The van der Waals surface area contributed by atoms with Gasteiger partial charge in [-0.05, 0) is 57.1 Å². The van der Waals surface area contributed by atoms with Crippen LogP contribution in [-0.4, -0.2) is 38.4 Å². The molecule has 0 bridgehead atoms. The normalized spacial score (nSPS) is 17.0. The monoisotopic (exact) mass is 399 g/mol. The van der Waals surface area contributed by atoms with Gasteiger partial charge in [-0.2, -0.15) is 14.9 Å². The average molecular weight is 399 g/mol. The summed E-state index contributed by atoms with van der Waals surface area (Å²) in [4.78, 5) is 0. The maximum Gasteiger partial charge on any atom is 0.216 e. The van der Waals surface area contributed by atoms with Crippen LogP contribution in [0.3, 0.4) is 0 Å². The SMILES string of the molecule is Cc1cc(/C=N\n2c(-c3cccc(F)c3)n[nH]c2=S)c(C)n1C[C@@H]1CCCO1. The quantitative estimate of drug-likeness (QED) is 0.516. The second-order valence-electron chi connectivity index (χ2n) is 6.99. The fourth-order valence-corrected chi connectivity index (χ4v) is 3.74. The number of nitrogens with one attached hydrogen (secondary N) is 1. The molecule has 1 N–H and O–H groups in total. The lowest BCUT2D eigenvalue weighted by Crippen LogP contribution is -2.16.